The molecule has 0 saturated carbocycles. The van der Waals surface area contributed by atoms with Gasteiger partial charge in [0, 0.05) is 18.2 Å². The molecule has 120 valence electrons. The van der Waals surface area contributed by atoms with E-state index in [1.54, 1.807) is 4.68 Å². The Morgan fingerprint density at radius 3 is 2.57 bits per heavy atom. The Labute approximate surface area is 129 Å². The summed E-state index contributed by atoms with van der Waals surface area (Å²) in [7, 11) is 0. The highest BCUT2D eigenvalue weighted by Crippen LogP contribution is 2.35. The van der Waals surface area contributed by atoms with Crippen molar-refractivity contribution in [2.45, 2.75) is 25.6 Å². The van der Waals surface area contributed by atoms with Gasteiger partial charge in [-0.05, 0) is 30.5 Å². The summed E-state index contributed by atoms with van der Waals surface area (Å²) in [5.41, 5.74) is 1.24. The Bertz CT molecular complexity index is 776. The first-order chi connectivity index (χ1) is 10.9. The van der Waals surface area contributed by atoms with Crippen molar-refractivity contribution in [3.05, 3.63) is 41.6 Å². The van der Waals surface area contributed by atoms with Crippen LogP contribution >= 0.6 is 0 Å². The van der Waals surface area contributed by atoms with Crippen LogP contribution in [0.3, 0.4) is 0 Å². The summed E-state index contributed by atoms with van der Waals surface area (Å²) in [5, 5.41) is 17.0. The van der Waals surface area contributed by atoms with Gasteiger partial charge in [0.15, 0.2) is 0 Å². The molecule has 1 N–H and O–H groups in total. The number of rotatable bonds is 2. The van der Waals surface area contributed by atoms with E-state index in [0.717, 1.165) is 24.6 Å². The molecule has 0 bridgehead atoms. The fourth-order valence-corrected chi connectivity index (χ4v) is 2.63. The molecule has 2 heterocycles. The van der Waals surface area contributed by atoms with E-state index >= 15 is 0 Å². The lowest BCUT2D eigenvalue weighted by molar-refractivity contribution is -0.137. The van der Waals surface area contributed by atoms with Crippen molar-refractivity contribution in [3.8, 4) is 11.3 Å². The number of halogens is 3. The van der Waals surface area contributed by atoms with Crippen molar-refractivity contribution in [1.29, 1.82) is 0 Å². The maximum atomic E-state index is 12.6. The molecule has 5 nitrogen and oxygen atoms in total. The molecule has 1 aromatic heterocycles. The molecule has 0 radical (unpaired) electrons. The number of benzene rings is 1. The summed E-state index contributed by atoms with van der Waals surface area (Å²) in [6.45, 7) is 0.597. The maximum Gasteiger partial charge on any atom is 0.416 e. The van der Waals surface area contributed by atoms with Crippen LogP contribution in [-0.4, -0.2) is 26.1 Å². The van der Waals surface area contributed by atoms with Crippen molar-refractivity contribution in [2.75, 3.05) is 0 Å². The number of hydrogen-bond donors (Lipinski definition) is 1. The van der Waals surface area contributed by atoms with Gasteiger partial charge >= 0.3 is 12.1 Å². The fourth-order valence-electron chi connectivity index (χ4n) is 2.63. The SMILES string of the molecule is O=C(O)/C=C1\CCCn2nnc(-c3ccc(C(F)(F)F)cc3)c21. The Morgan fingerprint density at radius 1 is 1.26 bits per heavy atom. The molecule has 0 amide bonds. The highest BCUT2D eigenvalue weighted by molar-refractivity contribution is 5.92. The zero-order valence-electron chi connectivity index (χ0n) is 11.8. The highest BCUT2D eigenvalue weighted by atomic mass is 19.4. The molecule has 0 aliphatic carbocycles. The summed E-state index contributed by atoms with van der Waals surface area (Å²) in [6, 6.07) is 4.59. The Hall–Kier alpha value is -2.64. The minimum absolute atomic E-state index is 0.394. The summed E-state index contributed by atoms with van der Waals surface area (Å²) in [4.78, 5) is 11.0. The minimum atomic E-state index is -4.40. The van der Waals surface area contributed by atoms with Crippen LogP contribution in [-0.2, 0) is 17.5 Å². The lowest BCUT2D eigenvalue weighted by Gasteiger charge is -2.16. The van der Waals surface area contributed by atoms with Gasteiger partial charge in [-0.2, -0.15) is 13.2 Å². The third-order valence-electron chi connectivity index (χ3n) is 3.64. The smallest absolute Gasteiger partial charge is 0.416 e. The van der Waals surface area contributed by atoms with Crippen molar-refractivity contribution >= 4 is 11.5 Å². The molecule has 1 aromatic carbocycles. The molecule has 0 saturated heterocycles. The lowest BCUT2D eigenvalue weighted by atomic mass is 9.97. The van der Waals surface area contributed by atoms with E-state index in [-0.39, 0.29) is 0 Å². The number of aromatic nitrogens is 3. The number of carboxylic acid groups (broad SMARTS) is 1. The molecule has 3 rings (SSSR count). The predicted octanol–water partition coefficient (Wildman–Crippen LogP) is 3.23. The number of allylic oxidation sites excluding steroid dienone is 1. The number of aliphatic carboxylic acids is 1. The third-order valence-corrected chi connectivity index (χ3v) is 3.64. The van der Waals surface area contributed by atoms with Gasteiger partial charge in [-0.1, -0.05) is 17.3 Å². The molecular weight excluding hydrogens is 311 g/mol. The molecule has 2 aromatic rings. The van der Waals surface area contributed by atoms with Crippen LogP contribution in [0.1, 0.15) is 24.1 Å². The number of hydrogen-bond acceptors (Lipinski definition) is 3. The molecule has 23 heavy (non-hydrogen) atoms. The van der Waals surface area contributed by atoms with E-state index in [9.17, 15) is 18.0 Å². The summed E-state index contributed by atoms with van der Waals surface area (Å²) in [6.07, 6.45) is -2.00. The molecule has 8 heteroatoms. The Balaban J connectivity index is 2.05. The molecule has 1 aliphatic rings. The highest BCUT2D eigenvalue weighted by Gasteiger charge is 2.30. The summed E-state index contributed by atoms with van der Waals surface area (Å²) in [5.74, 6) is -1.08. The van der Waals surface area contributed by atoms with Gasteiger partial charge in [0.2, 0.25) is 0 Å². The topological polar surface area (TPSA) is 68.0 Å². The van der Waals surface area contributed by atoms with Crippen LogP contribution in [0.2, 0.25) is 0 Å². The van der Waals surface area contributed by atoms with Gasteiger partial charge in [0.05, 0.1) is 11.3 Å². The van der Waals surface area contributed by atoms with Gasteiger partial charge in [0.1, 0.15) is 5.69 Å². The van der Waals surface area contributed by atoms with Crippen LogP contribution in [0.5, 0.6) is 0 Å². The first-order valence-electron chi connectivity index (χ1n) is 6.91. The third kappa shape index (κ3) is 2.96. The number of alkyl halides is 3. The zero-order chi connectivity index (χ0) is 16.6. The Kier molecular flexibility index (Phi) is 3.67. The maximum absolute atomic E-state index is 12.6. The molecular formula is C15H12F3N3O2. The fraction of sp³-hybridized carbons (Fsp3) is 0.267. The molecule has 0 unspecified atom stereocenters. The lowest BCUT2D eigenvalue weighted by Crippen LogP contribution is -2.12. The van der Waals surface area contributed by atoms with Crippen molar-refractivity contribution < 1.29 is 23.1 Å². The normalized spacial score (nSPS) is 16.4. The van der Waals surface area contributed by atoms with E-state index in [1.165, 1.54) is 12.1 Å². The number of nitrogens with zero attached hydrogens (tertiary/aromatic N) is 3. The number of carbonyl (C=O) groups is 1. The van der Waals surface area contributed by atoms with Gasteiger partial charge in [-0.25, -0.2) is 9.48 Å². The summed E-state index contributed by atoms with van der Waals surface area (Å²) < 4.78 is 39.5. The number of carboxylic acids is 1. The standard InChI is InChI=1S/C15H12F3N3O2/c16-15(17,18)11-5-3-9(4-6-11)13-14-10(8-12(22)23)2-1-7-21(14)20-19-13/h3-6,8H,1-2,7H2,(H,22,23)/b10-8+. The monoisotopic (exact) mass is 323 g/mol. The van der Waals surface area contributed by atoms with Crippen LogP contribution in [0.4, 0.5) is 13.2 Å². The quantitative estimate of drug-likeness (QED) is 0.862. The zero-order valence-corrected chi connectivity index (χ0v) is 11.8. The second-order valence-electron chi connectivity index (χ2n) is 5.20. The van der Waals surface area contributed by atoms with Gasteiger partial charge in [0.25, 0.3) is 0 Å². The van der Waals surface area contributed by atoms with Crippen LogP contribution < -0.4 is 0 Å². The predicted molar refractivity (Wildman–Crippen MR) is 75.3 cm³/mol. The average molecular weight is 323 g/mol. The molecule has 1 aliphatic heterocycles. The number of fused-ring (bicyclic) bond motifs is 1. The van der Waals surface area contributed by atoms with Gasteiger partial charge in [-0.15, -0.1) is 5.10 Å². The van der Waals surface area contributed by atoms with Crippen molar-refractivity contribution in [3.63, 3.8) is 0 Å². The number of aryl methyl sites for hydroxylation is 1. The molecule has 0 fully saturated rings. The largest absolute Gasteiger partial charge is 0.478 e. The van der Waals surface area contributed by atoms with Crippen LogP contribution in [0.15, 0.2) is 30.3 Å². The van der Waals surface area contributed by atoms with Crippen molar-refractivity contribution in [2.24, 2.45) is 0 Å². The van der Waals surface area contributed by atoms with E-state index in [1.807, 2.05) is 0 Å². The first-order valence-corrected chi connectivity index (χ1v) is 6.91. The van der Waals surface area contributed by atoms with Gasteiger partial charge in [-0.3, -0.25) is 0 Å². The molecule has 0 atom stereocenters. The van der Waals surface area contributed by atoms with Crippen LogP contribution in [0.25, 0.3) is 16.8 Å². The second-order valence-corrected chi connectivity index (χ2v) is 5.20. The summed E-state index contributed by atoms with van der Waals surface area (Å²) >= 11 is 0. The van der Waals surface area contributed by atoms with E-state index in [4.69, 9.17) is 5.11 Å². The molecule has 0 spiro atoms. The van der Waals surface area contributed by atoms with E-state index in [0.29, 0.717) is 35.5 Å². The first kappa shape index (κ1) is 15.3. The second kappa shape index (κ2) is 5.53. The minimum Gasteiger partial charge on any atom is -0.478 e. The Morgan fingerprint density at radius 2 is 1.96 bits per heavy atom. The van der Waals surface area contributed by atoms with Gasteiger partial charge < -0.3 is 5.11 Å². The van der Waals surface area contributed by atoms with E-state index < -0.39 is 17.7 Å². The van der Waals surface area contributed by atoms with Crippen LogP contribution in [0, 0.1) is 0 Å². The van der Waals surface area contributed by atoms with E-state index in [2.05, 4.69) is 10.3 Å². The average Bonchev–Trinajstić information content (AvgIpc) is 2.91. The van der Waals surface area contributed by atoms with Crippen molar-refractivity contribution in [1.82, 2.24) is 15.0 Å².